The van der Waals surface area contributed by atoms with Gasteiger partial charge in [0.1, 0.15) is 11.6 Å². The Morgan fingerprint density at radius 1 is 1.32 bits per heavy atom. The Morgan fingerprint density at radius 2 is 2.05 bits per heavy atom. The van der Waals surface area contributed by atoms with Gasteiger partial charge in [0.15, 0.2) is 0 Å². The predicted molar refractivity (Wildman–Crippen MR) is 78.3 cm³/mol. The first-order valence-corrected chi connectivity index (χ1v) is 6.70. The standard InChI is InChI=1S/C14H15BrFN3/c1-19(9-10-4-2-3-5-13(10)16)14-11(7-17)6-12(15)8-18-14/h2-6,8H,7,9,17H2,1H3. The normalized spacial score (nSPS) is 10.5. The Kier molecular flexibility index (Phi) is 4.50. The number of nitrogens with two attached hydrogens (primary N) is 1. The van der Waals surface area contributed by atoms with E-state index < -0.39 is 0 Å². The molecule has 3 nitrogen and oxygen atoms in total. The monoisotopic (exact) mass is 323 g/mol. The first kappa shape index (κ1) is 14.0. The Balaban J connectivity index is 2.25. The number of pyridine rings is 1. The van der Waals surface area contributed by atoms with Crippen molar-refractivity contribution in [2.75, 3.05) is 11.9 Å². The average Bonchev–Trinajstić information content (AvgIpc) is 2.41. The summed E-state index contributed by atoms with van der Waals surface area (Å²) in [6.07, 6.45) is 1.71. The Bertz CT molecular complexity index is 574. The van der Waals surface area contributed by atoms with E-state index in [1.807, 2.05) is 24.1 Å². The number of aromatic nitrogens is 1. The lowest BCUT2D eigenvalue weighted by molar-refractivity contribution is 0.607. The first-order valence-electron chi connectivity index (χ1n) is 5.91. The smallest absolute Gasteiger partial charge is 0.133 e. The van der Waals surface area contributed by atoms with Crippen molar-refractivity contribution < 1.29 is 4.39 Å². The summed E-state index contributed by atoms with van der Waals surface area (Å²) >= 11 is 3.37. The highest BCUT2D eigenvalue weighted by molar-refractivity contribution is 9.10. The van der Waals surface area contributed by atoms with Gasteiger partial charge in [-0.15, -0.1) is 0 Å². The van der Waals surface area contributed by atoms with Gasteiger partial charge in [-0.25, -0.2) is 9.37 Å². The van der Waals surface area contributed by atoms with Crippen LogP contribution in [0.4, 0.5) is 10.2 Å². The van der Waals surface area contributed by atoms with E-state index in [0.717, 1.165) is 15.9 Å². The fourth-order valence-corrected chi connectivity index (χ4v) is 2.30. The molecule has 1 aromatic carbocycles. The molecule has 0 aliphatic carbocycles. The SMILES string of the molecule is CN(Cc1ccccc1F)c1ncc(Br)cc1CN. The van der Waals surface area contributed by atoms with Gasteiger partial charge in [-0.1, -0.05) is 18.2 Å². The second-order valence-corrected chi connectivity index (χ2v) is 5.20. The van der Waals surface area contributed by atoms with E-state index in [0.29, 0.717) is 18.7 Å². The van der Waals surface area contributed by atoms with Gasteiger partial charge in [-0.05, 0) is 28.1 Å². The van der Waals surface area contributed by atoms with Gasteiger partial charge >= 0.3 is 0 Å². The summed E-state index contributed by atoms with van der Waals surface area (Å²) in [5, 5.41) is 0. The van der Waals surface area contributed by atoms with E-state index in [1.54, 1.807) is 18.3 Å². The largest absolute Gasteiger partial charge is 0.355 e. The number of anilines is 1. The molecule has 1 heterocycles. The van der Waals surface area contributed by atoms with Gasteiger partial charge in [0.05, 0.1) is 0 Å². The van der Waals surface area contributed by atoms with Gasteiger partial charge in [-0.2, -0.15) is 0 Å². The summed E-state index contributed by atoms with van der Waals surface area (Å²) in [7, 11) is 1.88. The second-order valence-electron chi connectivity index (χ2n) is 4.29. The number of hydrogen-bond donors (Lipinski definition) is 1. The molecule has 2 rings (SSSR count). The maximum absolute atomic E-state index is 13.6. The van der Waals surface area contributed by atoms with E-state index in [2.05, 4.69) is 20.9 Å². The summed E-state index contributed by atoms with van der Waals surface area (Å²) in [5.74, 6) is 0.565. The molecule has 2 N–H and O–H groups in total. The fourth-order valence-electron chi connectivity index (χ4n) is 1.92. The molecule has 0 fully saturated rings. The zero-order valence-electron chi connectivity index (χ0n) is 10.6. The quantitative estimate of drug-likeness (QED) is 0.940. The molecule has 0 bridgehead atoms. The van der Waals surface area contributed by atoms with Crippen molar-refractivity contribution in [3.63, 3.8) is 0 Å². The van der Waals surface area contributed by atoms with Crippen molar-refractivity contribution in [3.05, 3.63) is 57.9 Å². The van der Waals surface area contributed by atoms with Crippen LogP contribution >= 0.6 is 15.9 Å². The highest BCUT2D eigenvalue weighted by atomic mass is 79.9. The van der Waals surface area contributed by atoms with Crippen molar-refractivity contribution >= 4 is 21.7 Å². The van der Waals surface area contributed by atoms with Crippen molar-refractivity contribution in [1.29, 1.82) is 0 Å². The zero-order valence-corrected chi connectivity index (χ0v) is 12.2. The number of hydrogen-bond acceptors (Lipinski definition) is 3. The summed E-state index contributed by atoms with van der Waals surface area (Å²) in [5.41, 5.74) is 7.28. The van der Waals surface area contributed by atoms with Gasteiger partial charge < -0.3 is 10.6 Å². The number of benzene rings is 1. The third-order valence-corrected chi connectivity index (χ3v) is 3.29. The van der Waals surface area contributed by atoms with Gasteiger partial charge in [-0.3, -0.25) is 0 Å². The third kappa shape index (κ3) is 3.30. The van der Waals surface area contributed by atoms with Crippen LogP contribution in [-0.4, -0.2) is 12.0 Å². The minimum Gasteiger partial charge on any atom is -0.355 e. The minimum atomic E-state index is -0.208. The van der Waals surface area contributed by atoms with Crippen molar-refractivity contribution in [2.45, 2.75) is 13.1 Å². The lowest BCUT2D eigenvalue weighted by Gasteiger charge is -2.21. The molecule has 0 amide bonds. The summed E-state index contributed by atoms with van der Waals surface area (Å²) < 4.78 is 14.5. The van der Waals surface area contributed by atoms with Gasteiger partial charge in [0.2, 0.25) is 0 Å². The molecule has 19 heavy (non-hydrogen) atoms. The molecule has 2 aromatic rings. The maximum Gasteiger partial charge on any atom is 0.133 e. The van der Waals surface area contributed by atoms with Gasteiger partial charge in [0.25, 0.3) is 0 Å². The van der Waals surface area contributed by atoms with Crippen LogP contribution in [-0.2, 0) is 13.1 Å². The molecule has 0 radical (unpaired) electrons. The highest BCUT2D eigenvalue weighted by Gasteiger charge is 2.11. The molecule has 0 aliphatic heterocycles. The molecule has 100 valence electrons. The minimum absolute atomic E-state index is 0.208. The molecule has 0 atom stereocenters. The molecule has 0 aliphatic rings. The average molecular weight is 324 g/mol. The second kappa shape index (κ2) is 6.12. The Hall–Kier alpha value is -1.46. The molecule has 1 aromatic heterocycles. The fraction of sp³-hybridized carbons (Fsp3) is 0.214. The molecule has 0 spiro atoms. The lowest BCUT2D eigenvalue weighted by Crippen LogP contribution is -2.21. The van der Waals surface area contributed by atoms with Crippen LogP contribution < -0.4 is 10.6 Å². The van der Waals surface area contributed by atoms with Crippen LogP contribution in [0.2, 0.25) is 0 Å². The molecule has 0 saturated heterocycles. The Labute approximate surface area is 120 Å². The zero-order chi connectivity index (χ0) is 13.8. The number of nitrogens with zero attached hydrogens (tertiary/aromatic N) is 2. The van der Waals surface area contributed by atoms with Crippen LogP contribution in [0.3, 0.4) is 0 Å². The van der Waals surface area contributed by atoms with Crippen molar-refractivity contribution in [1.82, 2.24) is 4.98 Å². The molecule has 5 heteroatoms. The molecular formula is C14H15BrFN3. The number of halogens is 2. The van der Waals surface area contributed by atoms with E-state index in [4.69, 9.17) is 5.73 Å². The first-order chi connectivity index (χ1) is 9.11. The molecule has 0 saturated carbocycles. The van der Waals surface area contributed by atoms with E-state index in [1.165, 1.54) is 6.07 Å². The van der Waals surface area contributed by atoms with Crippen molar-refractivity contribution in [3.8, 4) is 0 Å². The summed E-state index contributed by atoms with van der Waals surface area (Å²) in [6.45, 7) is 0.845. The van der Waals surface area contributed by atoms with Crippen LogP contribution in [0.15, 0.2) is 41.0 Å². The Morgan fingerprint density at radius 3 is 2.74 bits per heavy atom. The molecule has 0 unspecified atom stereocenters. The van der Waals surface area contributed by atoms with Crippen LogP contribution in [0.25, 0.3) is 0 Å². The summed E-state index contributed by atoms with van der Waals surface area (Å²) in [6, 6.07) is 8.67. The predicted octanol–water partition coefficient (Wildman–Crippen LogP) is 3.08. The maximum atomic E-state index is 13.6. The highest BCUT2D eigenvalue weighted by Crippen LogP contribution is 2.22. The summed E-state index contributed by atoms with van der Waals surface area (Å²) in [4.78, 5) is 6.25. The third-order valence-electron chi connectivity index (χ3n) is 2.86. The van der Waals surface area contributed by atoms with Gasteiger partial charge in [0, 0.05) is 41.9 Å². The number of rotatable bonds is 4. The van der Waals surface area contributed by atoms with Crippen molar-refractivity contribution in [2.24, 2.45) is 5.73 Å². The van der Waals surface area contributed by atoms with Crippen LogP contribution in [0.5, 0.6) is 0 Å². The van der Waals surface area contributed by atoms with E-state index >= 15 is 0 Å². The van der Waals surface area contributed by atoms with E-state index in [9.17, 15) is 4.39 Å². The van der Waals surface area contributed by atoms with Crippen LogP contribution in [0.1, 0.15) is 11.1 Å². The van der Waals surface area contributed by atoms with E-state index in [-0.39, 0.29) is 5.82 Å². The molecular weight excluding hydrogens is 309 g/mol. The lowest BCUT2D eigenvalue weighted by atomic mass is 10.2. The topological polar surface area (TPSA) is 42.2 Å². The van der Waals surface area contributed by atoms with Crippen LogP contribution in [0, 0.1) is 5.82 Å².